The number of ether oxygens (including phenoxy) is 1. The third-order valence-corrected chi connectivity index (χ3v) is 3.89. The average Bonchev–Trinajstić information content (AvgIpc) is 3.11. The smallest absolute Gasteiger partial charge is 0.416 e. The lowest BCUT2D eigenvalue weighted by molar-refractivity contribution is -0.137. The highest BCUT2D eigenvalue weighted by molar-refractivity contribution is 5.55. The van der Waals surface area contributed by atoms with Gasteiger partial charge in [-0.15, -0.1) is 0 Å². The van der Waals surface area contributed by atoms with Gasteiger partial charge in [-0.1, -0.05) is 29.4 Å². The number of benzene rings is 2. The van der Waals surface area contributed by atoms with E-state index in [4.69, 9.17) is 9.26 Å². The van der Waals surface area contributed by atoms with E-state index in [1.54, 1.807) is 19.2 Å². The van der Waals surface area contributed by atoms with Crippen LogP contribution in [-0.2, 0) is 12.7 Å². The number of nitrogens with zero attached hydrogens (tertiary/aromatic N) is 3. The SMILES string of the molecule is CN(CCOc1ccccc1F)Cc1nc(-c2cccc(C(F)(F)F)c2)no1. The summed E-state index contributed by atoms with van der Waals surface area (Å²) in [5.74, 6) is 0.0613. The molecule has 0 N–H and O–H groups in total. The Bertz CT molecular complexity index is 927. The molecule has 1 heterocycles. The van der Waals surface area contributed by atoms with Crippen molar-refractivity contribution in [3.05, 3.63) is 65.8 Å². The summed E-state index contributed by atoms with van der Waals surface area (Å²) >= 11 is 0. The molecule has 0 fully saturated rings. The summed E-state index contributed by atoms with van der Waals surface area (Å²) in [5, 5.41) is 3.74. The Morgan fingerprint density at radius 3 is 2.64 bits per heavy atom. The van der Waals surface area contributed by atoms with Crippen LogP contribution in [0.2, 0.25) is 0 Å². The fourth-order valence-electron chi connectivity index (χ4n) is 2.45. The van der Waals surface area contributed by atoms with Crippen molar-refractivity contribution < 1.29 is 26.8 Å². The second-order valence-electron chi connectivity index (χ2n) is 6.11. The molecule has 3 rings (SSSR count). The minimum absolute atomic E-state index is 0.0807. The molecule has 0 spiro atoms. The molecule has 0 radical (unpaired) electrons. The molecule has 2 aromatic carbocycles. The highest BCUT2D eigenvalue weighted by Crippen LogP contribution is 2.31. The van der Waals surface area contributed by atoms with Crippen molar-refractivity contribution in [2.75, 3.05) is 20.2 Å². The van der Waals surface area contributed by atoms with E-state index < -0.39 is 17.6 Å². The van der Waals surface area contributed by atoms with E-state index in [1.165, 1.54) is 24.3 Å². The average molecular weight is 395 g/mol. The minimum atomic E-state index is -4.44. The third kappa shape index (κ3) is 5.07. The topological polar surface area (TPSA) is 51.4 Å². The molecule has 0 aliphatic heterocycles. The second kappa shape index (κ2) is 8.39. The molecule has 9 heteroatoms. The van der Waals surface area contributed by atoms with E-state index in [2.05, 4.69) is 10.1 Å². The molecule has 0 aliphatic carbocycles. The molecular weight excluding hydrogens is 378 g/mol. The summed E-state index contributed by atoms with van der Waals surface area (Å²) in [6.45, 7) is 0.967. The van der Waals surface area contributed by atoms with E-state index in [0.29, 0.717) is 6.54 Å². The maximum Gasteiger partial charge on any atom is 0.416 e. The standard InChI is InChI=1S/C19H17F4N3O2/c1-26(9-10-27-16-8-3-2-7-15(16)20)12-17-24-18(25-28-17)13-5-4-6-14(11-13)19(21,22)23/h2-8,11H,9-10,12H2,1H3. The zero-order valence-corrected chi connectivity index (χ0v) is 14.9. The van der Waals surface area contributed by atoms with E-state index >= 15 is 0 Å². The first kappa shape index (κ1) is 19.8. The van der Waals surface area contributed by atoms with Crippen LogP contribution in [0.15, 0.2) is 53.1 Å². The second-order valence-corrected chi connectivity index (χ2v) is 6.11. The Labute approximate surface area is 158 Å². The first-order chi connectivity index (χ1) is 13.3. The monoisotopic (exact) mass is 395 g/mol. The van der Waals surface area contributed by atoms with Gasteiger partial charge in [0, 0.05) is 12.1 Å². The van der Waals surface area contributed by atoms with E-state index in [0.717, 1.165) is 12.1 Å². The van der Waals surface area contributed by atoms with Gasteiger partial charge in [0.15, 0.2) is 11.6 Å². The number of alkyl halides is 3. The van der Waals surface area contributed by atoms with Crippen LogP contribution in [-0.4, -0.2) is 35.2 Å². The summed E-state index contributed by atoms with van der Waals surface area (Å²) in [4.78, 5) is 5.95. The molecule has 0 amide bonds. The molecule has 0 atom stereocenters. The highest BCUT2D eigenvalue weighted by atomic mass is 19.4. The normalized spacial score (nSPS) is 11.8. The van der Waals surface area contributed by atoms with Gasteiger partial charge < -0.3 is 9.26 Å². The summed E-state index contributed by atoms with van der Waals surface area (Å²) in [6.07, 6.45) is -4.44. The Morgan fingerprint density at radius 2 is 1.89 bits per heavy atom. The number of aromatic nitrogens is 2. The molecule has 148 valence electrons. The van der Waals surface area contributed by atoms with Gasteiger partial charge in [0.1, 0.15) is 6.61 Å². The number of likely N-dealkylation sites (N-methyl/N-ethyl adjacent to an activating group) is 1. The fraction of sp³-hybridized carbons (Fsp3) is 0.263. The lowest BCUT2D eigenvalue weighted by Gasteiger charge is -2.14. The number of hydrogen-bond donors (Lipinski definition) is 0. The van der Waals surface area contributed by atoms with Crippen molar-refractivity contribution in [3.8, 4) is 17.1 Å². The van der Waals surface area contributed by atoms with Crippen LogP contribution in [0.1, 0.15) is 11.5 Å². The van der Waals surface area contributed by atoms with Crippen LogP contribution >= 0.6 is 0 Å². The number of halogens is 4. The summed E-state index contributed by atoms with van der Waals surface area (Å²) in [7, 11) is 1.78. The Kier molecular flexibility index (Phi) is 5.93. The lowest BCUT2D eigenvalue weighted by atomic mass is 10.1. The van der Waals surface area contributed by atoms with Crippen molar-refractivity contribution in [1.82, 2.24) is 15.0 Å². The van der Waals surface area contributed by atoms with Crippen LogP contribution in [0.4, 0.5) is 17.6 Å². The van der Waals surface area contributed by atoms with E-state index in [9.17, 15) is 17.6 Å². The predicted molar refractivity (Wildman–Crippen MR) is 93.0 cm³/mol. The van der Waals surface area contributed by atoms with Crippen molar-refractivity contribution in [3.63, 3.8) is 0 Å². The zero-order chi connectivity index (χ0) is 20.1. The number of hydrogen-bond acceptors (Lipinski definition) is 5. The summed E-state index contributed by atoms with van der Waals surface area (Å²) < 4.78 is 62.4. The van der Waals surface area contributed by atoms with Gasteiger partial charge in [-0.3, -0.25) is 4.90 Å². The third-order valence-electron chi connectivity index (χ3n) is 3.89. The van der Waals surface area contributed by atoms with Gasteiger partial charge in [-0.05, 0) is 31.3 Å². The van der Waals surface area contributed by atoms with E-state index in [1.807, 2.05) is 4.90 Å². The van der Waals surface area contributed by atoms with Crippen molar-refractivity contribution in [2.24, 2.45) is 0 Å². The van der Waals surface area contributed by atoms with Gasteiger partial charge in [0.2, 0.25) is 11.7 Å². The van der Waals surface area contributed by atoms with Crippen LogP contribution in [0.25, 0.3) is 11.4 Å². The van der Waals surface area contributed by atoms with Gasteiger partial charge in [0.05, 0.1) is 12.1 Å². The number of rotatable bonds is 7. The van der Waals surface area contributed by atoms with Crippen LogP contribution < -0.4 is 4.74 Å². The molecular formula is C19H17F4N3O2. The number of para-hydroxylation sites is 1. The lowest BCUT2D eigenvalue weighted by Crippen LogP contribution is -2.24. The zero-order valence-electron chi connectivity index (χ0n) is 14.9. The molecule has 0 unspecified atom stereocenters. The van der Waals surface area contributed by atoms with E-state index in [-0.39, 0.29) is 36.2 Å². The largest absolute Gasteiger partial charge is 0.489 e. The van der Waals surface area contributed by atoms with Gasteiger partial charge in [-0.25, -0.2) is 4.39 Å². The van der Waals surface area contributed by atoms with Crippen LogP contribution in [0, 0.1) is 5.82 Å². The van der Waals surface area contributed by atoms with Gasteiger partial charge in [-0.2, -0.15) is 18.2 Å². The quantitative estimate of drug-likeness (QED) is 0.555. The Morgan fingerprint density at radius 1 is 1.11 bits per heavy atom. The molecule has 0 saturated heterocycles. The summed E-state index contributed by atoms with van der Waals surface area (Å²) in [5.41, 5.74) is -0.561. The molecule has 0 aliphatic rings. The van der Waals surface area contributed by atoms with Crippen LogP contribution in [0.5, 0.6) is 5.75 Å². The highest BCUT2D eigenvalue weighted by Gasteiger charge is 2.30. The van der Waals surface area contributed by atoms with Crippen molar-refractivity contribution in [1.29, 1.82) is 0 Å². The van der Waals surface area contributed by atoms with Crippen LogP contribution in [0.3, 0.4) is 0 Å². The predicted octanol–water partition coefficient (Wildman–Crippen LogP) is 4.41. The molecule has 28 heavy (non-hydrogen) atoms. The fourth-order valence-corrected chi connectivity index (χ4v) is 2.45. The first-order valence-electron chi connectivity index (χ1n) is 8.39. The maximum absolute atomic E-state index is 13.5. The van der Waals surface area contributed by atoms with Crippen molar-refractivity contribution in [2.45, 2.75) is 12.7 Å². The minimum Gasteiger partial charge on any atom is -0.489 e. The molecule has 5 nitrogen and oxygen atoms in total. The van der Waals surface area contributed by atoms with Gasteiger partial charge >= 0.3 is 6.18 Å². The molecule has 0 saturated carbocycles. The molecule has 1 aromatic heterocycles. The molecule has 0 bridgehead atoms. The Hall–Kier alpha value is -2.94. The van der Waals surface area contributed by atoms with Gasteiger partial charge in [0.25, 0.3) is 0 Å². The first-order valence-corrected chi connectivity index (χ1v) is 8.39. The molecule has 3 aromatic rings. The Balaban J connectivity index is 1.56. The van der Waals surface area contributed by atoms with Crippen molar-refractivity contribution >= 4 is 0 Å². The maximum atomic E-state index is 13.5. The summed E-state index contributed by atoms with van der Waals surface area (Å²) in [6, 6.07) is 10.8.